The molecule has 0 aromatic heterocycles. The van der Waals surface area contributed by atoms with Crippen LogP contribution in [-0.2, 0) is 0 Å². The number of ketones is 1. The molecule has 0 saturated carbocycles. The van der Waals surface area contributed by atoms with Gasteiger partial charge in [0.15, 0.2) is 5.78 Å². The first-order valence-corrected chi connectivity index (χ1v) is 8.32. The first-order chi connectivity index (χ1) is 10.6. The lowest BCUT2D eigenvalue weighted by molar-refractivity contribution is 0.101. The molecule has 0 amide bonds. The molecule has 2 unspecified atom stereocenters. The summed E-state index contributed by atoms with van der Waals surface area (Å²) in [5, 5.41) is 3.68. The van der Waals surface area contributed by atoms with E-state index in [9.17, 15) is 4.79 Å². The third kappa shape index (κ3) is 4.46. The molecule has 1 aromatic carbocycles. The van der Waals surface area contributed by atoms with Crippen LogP contribution in [0.3, 0.4) is 0 Å². The van der Waals surface area contributed by atoms with E-state index >= 15 is 0 Å². The highest BCUT2D eigenvalue weighted by atomic mass is 35.5. The van der Waals surface area contributed by atoms with Gasteiger partial charge in [-0.1, -0.05) is 12.1 Å². The number of rotatable bonds is 6. The fourth-order valence-electron chi connectivity index (χ4n) is 3.75. The molecule has 3 rings (SSSR count). The molecular formula is C18H27ClN2O2. The maximum atomic E-state index is 11.6. The van der Waals surface area contributed by atoms with Crippen molar-refractivity contribution in [1.82, 2.24) is 10.2 Å². The van der Waals surface area contributed by atoms with E-state index in [-0.39, 0.29) is 18.2 Å². The van der Waals surface area contributed by atoms with E-state index in [0.717, 1.165) is 6.54 Å². The van der Waals surface area contributed by atoms with Crippen molar-refractivity contribution in [3.8, 4) is 5.75 Å². The summed E-state index contributed by atoms with van der Waals surface area (Å²) in [6.45, 7) is 3.11. The van der Waals surface area contributed by atoms with Crippen molar-refractivity contribution in [2.75, 3.05) is 20.2 Å². The smallest absolute Gasteiger partial charge is 0.163 e. The number of benzene rings is 1. The van der Waals surface area contributed by atoms with Crippen molar-refractivity contribution < 1.29 is 9.53 Å². The summed E-state index contributed by atoms with van der Waals surface area (Å²) in [6, 6.07) is 9.57. The molecule has 5 heteroatoms. The summed E-state index contributed by atoms with van der Waals surface area (Å²) in [5.74, 6) is 0.757. The van der Waals surface area contributed by atoms with Crippen LogP contribution in [0.4, 0.5) is 0 Å². The number of nitrogens with one attached hydrogen (secondary N) is 1. The zero-order valence-electron chi connectivity index (χ0n) is 14.0. The highest BCUT2D eigenvalue weighted by Gasteiger charge is 2.34. The maximum Gasteiger partial charge on any atom is 0.163 e. The van der Waals surface area contributed by atoms with E-state index in [1.807, 2.05) is 24.3 Å². The van der Waals surface area contributed by atoms with Gasteiger partial charge in [-0.15, -0.1) is 12.4 Å². The molecular weight excluding hydrogens is 312 g/mol. The van der Waals surface area contributed by atoms with Crippen molar-refractivity contribution in [3.05, 3.63) is 29.8 Å². The van der Waals surface area contributed by atoms with Crippen molar-refractivity contribution >= 4 is 18.2 Å². The molecule has 2 heterocycles. The zero-order valence-corrected chi connectivity index (χ0v) is 14.8. The molecule has 1 N–H and O–H groups in total. The van der Waals surface area contributed by atoms with Crippen LogP contribution in [0.5, 0.6) is 5.75 Å². The largest absolute Gasteiger partial charge is 0.491 e. The number of fused-ring (bicyclic) bond motifs is 2. The molecule has 0 aliphatic carbocycles. The molecule has 1 aromatic rings. The summed E-state index contributed by atoms with van der Waals surface area (Å²) < 4.78 is 5.85. The lowest BCUT2D eigenvalue weighted by Crippen LogP contribution is -2.47. The molecule has 2 aliphatic rings. The van der Waals surface area contributed by atoms with Gasteiger partial charge in [0.05, 0.1) is 5.56 Å². The highest BCUT2D eigenvalue weighted by molar-refractivity contribution is 5.96. The lowest BCUT2D eigenvalue weighted by atomic mass is 9.99. The minimum absolute atomic E-state index is 0. The summed E-state index contributed by atoms with van der Waals surface area (Å²) in [4.78, 5) is 14.0. The Balaban J connectivity index is 0.00000192. The van der Waals surface area contributed by atoms with Crippen LogP contribution in [0.1, 0.15) is 43.0 Å². The Bertz CT molecular complexity index is 526. The standard InChI is InChI=1S/C18H26N2O2.ClH/c1-13(21)17-5-3-4-6-18(17)22-10-9-20(2)16-11-14-7-8-15(12-16)19-14;/h3-6,14-16,19H,7-12H2,1-2H3;1H. The monoisotopic (exact) mass is 338 g/mol. The number of carbonyl (C=O) groups is 1. The van der Waals surface area contributed by atoms with Gasteiger partial charge in [-0.2, -0.15) is 0 Å². The maximum absolute atomic E-state index is 11.6. The van der Waals surface area contributed by atoms with Gasteiger partial charge in [0.25, 0.3) is 0 Å². The van der Waals surface area contributed by atoms with E-state index in [4.69, 9.17) is 4.74 Å². The van der Waals surface area contributed by atoms with Gasteiger partial charge in [-0.3, -0.25) is 9.69 Å². The highest BCUT2D eigenvalue weighted by Crippen LogP contribution is 2.29. The molecule has 2 aliphatic heterocycles. The molecule has 23 heavy (non-hydrogen) atoms. The third-order valence-electron chi connectivity index (χ3n) is 5.04. The molecule has 2 atom stereocenters. The Morgan fingerprint density at radius 3 is 2.57 bits per heavy atom. The van der Waals surface area contributed by atoms with Gasteiger partial charge in [0.2, 0.25) is 0 Å². The second-order valence-corrected chi connectivity index (χ2v) is 6.64. The number of hydrogen-bond acceptors (Lipinski definition) is 4. The number of likely N-dealkylation sites (N-methyl/N-ethyl adjacent to an activating group) is 1. The fraction of sp³-hybridized carbons (Fsp3) is 0.611. The first-order valence-electron chi connectivity index (χ1n) is 8.32. The van der Waals surface area contributed by atoms with Crippen molar-refractivity contribution in [1.29, 1.82) is 0 Å². The molecule has 2 bridgehead atoms. The number of para-hydroxylation sites is 1. The van der Waals surface area contributed by atoms with Crippen molar-refractivity contribution in [2.45, 2.75) is 50.7 Å². The minimum Gasteiger partial charge on any atom is -0.491 e. The van der Waals surface area contributed by atoms with Crippen LogP contribution in [0.25, 0.3) is 0 Å². The van der Waals surface area contributed by atoms with E-state index < -0.39 is 0 Å². The number of piperidine rings is 1. The number of halogens is 1. The van der Waals surface area contributed by atoms with Crippen LogP contribution < -0.4 is 10.1 Å². The van der Waals surface area contributed by atoms with E-state index in [1.165, 1.54) is 25.7 Å². The molecule has 4 nitrogen and oxygen atoms in total. The Hall–Kier alpha value is -1.10. The second kappa shape index (κ2) is 8.13. The normalized spacial score (nSPS) is 26.0. The molecule has 2 saturated heterocycles. The van der Waals surface area contributed by atoms with Gasteiger partial charge in [-0.05, 0) is 51.8 Å². The average Bonchev–Trinajstić information content (AvgIpc) is 2.85. The topological polar surface area (TPSA) is 41.6 Å². The summed E-state index contributed by atoms with van der Waals surface area (Å²) in [5.41, 5.74) is 0.671. The molecule has 0 radical (unpaired) electrons. The summed E-state index contributed by atoms with van der Waals surface area (Å²) in [6.07, 6.45) is 5.16. The predicted molar refractivity (Wildman–Crippen MR) is 94.8 cm³/mol. The van der Waals surface area contributed by atoms with Crippen LogP contribution in [-0.4, -0.2) is 49.0 Å². The van der Waals surface area contributed by atoms with E-state index in [0.29, 0.717) is 36.0 Å². The average molecular weight is 339 g/mol. The number of ether oxygens (including phenoxy) is 1. The van der Waals surface area contributed by atoms with Crippen LogP contribution in [0.2, 0.25) is 0 Å². The van der Waals surface area contributed by atoms with Gasteiger partial charge < -0.3 is 10.1 Å². The SMILES string of the molecule is CC(=O)c1ccccc1OCCN(C)C1CC2CCC(C1)N2.Cl. The minimum atomic E-state index is 0. The Morgan fingerprint density at radius 2 is 1.91 bits per heavy atom. The van der Waals surface area contributed by atoms with Gasteiger partial charge in [-0.25, -0.2) is 0 Å². The number of nitrogens with zero attached hydrogens (tertiary/aromatic N) is 1. The predicted octanol–water partition coefficient (Wildman–Crippen LogP) is 2.90. The summed E-state index contributed by atoms with van der Waals surface area (Å²) in [7, 11) is 2.19. The van der Waals surface area contributed by atoms with Gasteiger partial charge >= 0.3 is 0 Å². The van der Waals surface area contributed by atoms with Crippen LogP contribution in [0.15, 0.2) is 24.3 Å². The first kappa shape index (κ1) is 18.2. The van der Waals surface area contributed by atoms with E-state index in [1.54, 1.807) is 6.92 Å². The zero-order chi connectivity index (χ0) is 15.5. The number of Topliss-reactive ketones (excluding diaryl/α,β-unsaturated/α-hetero) is 1. The summed E-state index contributed by atoms with van der Waals surface area (Å²) >= 11 is 0. The molecule has 0 spiro atoms. The van der Waals surface area contributed by atoms with Crippen LogP contribution in [0, 0.1) is 0 Å². The van der Waals surface area contributed by atoms with Crippen molar-refractivity contribution in [3.63, 3.8) is 0 Å². The Kier molecular flexibility index (Phi) is 6.45. The third-order valence-corrected chi connectivity index (χ3v) is 5.04. The van der Waals surface area contributed by atoms with Crippen LogP contribution >= 0.6 is 12.4 Å². The number of carbonyl (C=O) groups excluding carboxylic acids is 1. The number of hydrogen-bond donors (Lipinski definition) is 1. The fourth-order valence-corrected chi connectivity index (χ4v) is 3.75. The van der Waals surface area contributed by atoms with Gasteiger partial charge in [0.1, 0.15) is 12.4 Å². The second-order valence-electron chi connectivity index (χ2n) is 6.64. The Labute approximate surface area is 145 Å². The quantitative estimate of drug-likeness (QED) is 0.810. The lowest BCUT2D eigenvalue weighted by Gasteiger charge is -2.35. The van der Waals surface area contributed by atoms with E-state index in [2.05, 4.69) is 17.3 Å². The molecule has 128 valence electrons. The molecule has 2 fully saturated rings. The van der Waals surface area contributed by atoms with Crippen molar-refractivity contribution in [2.24, 2.45) is 0 Å². The Morgan fingerprint density at radius 1 is 1.26 bits per heavy atom. The van der Waals surface area contributed by atoms with Gasteiger partial charge in [0, 0.05) is 24.7 Å².